The molecule has 4 rings (SSSR count). The van der Waals surface area contributed by atoms with Crippen molar-refractivity contribution in [1.82, 2.24) is 0 Å². The molecule has 35 heavy (non-hydrogen) atoms. The summed E-state index contributed by atoms with van der Waals surface area (Å²) in [6.45, 7) is 1.10. The van der Waals surface area contributed by atoms with Crippen molar-refractivity contribution in [2.45, 2.75) is 20.0 Å². The number of carboxylic acids is 1. The fourth-order valence-corrected chi connectivity index (χ4v) is 4.46. The van der Waals surface area contributed by atoms with Gasteiger partial charge in [-0.2, -0.15) is 0 Å². The first kappa shape index (κ1) is 24.5. The van der Waals surface area contributed by atoms with E-state index in [0.717, 1.165) is 0 Å². The van der Waals surface area contributed by atoms with Gasteiger partial charge in [0.2, 0.25) is 5.43 Å². The summed E-state index contributed by atoms with van der Waals surface area (Å²) in [5, 5.41) is 29.7. The first-order chi connectivity index (χ1) is 16.6. The van der Waals surface area contributed by atoms with Crippen molar-refractivity contribution in [2.24, 2.45) is 0 Å². The quantitative estimate of drug-likeness (QED) is 0.230. The third-order valence-electron chi connectivity index (χ3n) is 5.71. The zero-order valence-corrected chi connectivity index (χ0v) is 20.0. The number of benzene rings is 3. The van der Waals surface area contributed by atoms with Gasteiger partial charge in [-0.15, -0.1) is 0 Å². The maximum atomic E-state index is 12.6. The number of carboxylic acid groups (broad SMARTS) is 1. The molecule has 0 aromatic heterocycles. The number of fused-ring (bicyclic) bond motifs is 2. The number of hydrogen-bond acceptors (Lipinski definition) is 7. The number of aliphatic hydroxyl groups is 1. The van der Waals surface area contributed by atoms with Gasteiger partial charge in [-0.3, -0.25) is 9.59 Å². The van der Waals surface area contributed by atoms with Crippen molar-refractivity contribution in [3.05, 3.63) is 67.3 Å². The van der Waals surface area contributed by atoms with Crippen LogP contribution in [0.2, 0.25) is 10.0 Å². The molecular formula is C25H18Cl2O8. The summed E-state index contributed by atoms with van der Waals surface area (Å²) in [6, 6.07) is 6.88. The number of carbonyl (C=O) groups excluding carboxylic acids is 1. The molecule has 3 N–H and O–H groups in total. The van der Waals surface area contributed by atoms with Gasteiger partial charge in [-0.05, 0) is 29.8 Å². The van der Waals surface area contributed by atoms with Gasteiger partial charge in [0, 0.05) is 34.1 Å². The topological polar surface area (TPSA) is 134 Å². The minimum atomic E-state index is -1.27. The molecule has 10 heteroatoms. The van der Waals surface area contributed by atoms with E-state index < -0.39 is 23.8 Å². The molecule has 0 radical (unpaired) electrons. The first-order valence-electron chi connectivity index (χ1n) is 10.3. The lowest BCUT2D eigenvalue weighted by atomic mass is 9.88. The highest BCUT2D eigenvalue weighted by molar-refractivity contribution is 6.37. The Balaban J connectivity index is 2.33. The van der Waals surface area contributed by atoms with Crippen molar-refractivity contribution in [1.29, 1.82) is 0 Å². The highest BCUT2D eigenvalue weighted by Gasteiger charge is 2.29. The van der Waals surface area contributed by atoms with E-state index in [-0.39, 0.29) is 78.1 Å². The van der Waals surface area contributed by atoms with Crippen LogP contribution >= 0.6 is 23.2 Å². The molecule has 2 aromatic carbocycles. The summed E-state index contributed by atoms with van der Waals surface area (Å²) in [5.74, 6) is -2.19. The number of hydrogen-bond donors (Lipinski definition) is 3. The summed E-state index contributed by atoms with van der Waals surface area (Å²) < 4.78 is 11.0. The number of aliphatic hydroxyl groups excluding tert-OH is 1. The molecule has 0 bridgehead atoms. The lowest BCUT2D eigenvalue weighted by Crippen LogP contribution is -2.10. The van der Waals surface area contributed by atoms with Gasteiger partial charge in [-0.25, -0.2) is 4.79 Å². The predicted octanol–water partition coefficient (Wildman–Crippen LogP) is 5.37. The Labute approximate surface area is 208 Å². The number of rotatable bonds is 6. The van der Waals surface area contributed by atoms with Crippen LogP contribution in [0.25, 0.3) is 33.4 Å². The average Bonchev–Trinajstić information content (AvgIpc) is 2.86. The Kier molecular flexibility index (Phi) is 6.46. The number of phenols is 1. The largest absolute Gasteiger partial charge is 0.506 e. The van der Waals surface area contributed by atoms with Crippen LogP contribution in [0.4, 0.5) is 0 Å². The van der Waals surface area contributed by atoms with Crippen LogP contribution in [0.1, 0.15) is 39.6 Å². The zero-order valence-electron chi connectivity index (χ0n) is 18.4. The number of ketones is 1. The van der Waals surface area contributed by atoms with E-state index in [1.165, 1.54) is 37.4 Å². The maximum Gasteiger partial charge on any atom is 0.336 e. The monoisotopic (exact) mass is 516 g/mol. The first-order valence-corrected chi connectivity index (χ1v) is 11.1. The van der Waals surface area contributed by atoms with Gasteiger partial charge in [0.1, 0.15) is 15.8 Å². The van der Waals surface area contributed by atoms with E-state index in [0.29, 0.717) is 0 Å². The lowest BCUT2D eigenvalue weighted by Gasteiger charge is -2.20. The number of carbonyl (C=O) groups is 2. The Morgan fingerprint density at radius 3 is 2.40 bits per heavy atom. The van der Waals surface area contributed by atoms with Crippen LogP contribution in [-0.2, 0) is 6.61 Å². The predicted molar refractivity (Wildman–Crippen MR) is 130 cm³/mol. The Hall–Kier alpha value is -3.59. The molecule has 0 fully saturated rings. The smallest absolute Gasteiger partial charge is 0.336 e. The highest BCUT2D eigenvalue weighted by Crippen LogP contribution is 2.48. The molecule has 0 saturated heterocycles. The van der Waals surface area contributed by atoms with Crippen molar-refractivity contribution in [2.75, 3.05) is 7.11 Å². The van der Waals surface area contributed by atoms with Crippen LogP contribution in [0.15, 0.2) is 39.5 Å². The summed E-state index contributed by atoms with van der Waals surface area (Å²) in [5.41, 5.74) is -0.0768. The van der Waals surface area contributed by atoms with E-state index in [9.17, 15) is 29.7 Å². The van der Waals surface area contributed by atoms with E-state index in [1.54, 1.807) is 6.92 Å². The zero-order chi connectivity index (χ0) is 25.6. The van der Waals surface area contributed by atoms with Crippen LogP contribution in [0, 0.1) is 0 Å². The number of aromatic hydroxyl groups is 1. The minimum Gasteiger partial charge on any atom is -0.506 e. The van der Waals surface area contributed by atoms with Gasteiger partial charge in [0.05, 0.1) is 19.3 Å². The molecule has 1 aliphatic carbocycles. The fourth-order valence-electron chi connectivity index (χ4n) is 3.96. The molecule has 0 spiro atoms. The minimum absolute atomic E-state index is 0.0504. The molecule has 8 nitrogen and oxygen atoms in total. The van der Waals surface area contributed by atoms with Crippen molar-refractivity contribution in [3.8, 4) is 33.9 Å². The fraction of sp³-hybridized carbons (Fsp3) is 0.160. The Morgan fingerprint density at radius 1 is 1.09 bits per heavy atom. The van der Waals surface area contributed by atoms with E-state index >= 15 is 0 Å². The third kappa shape index (κ3) is 3.89. The SMILES string of the molecule is CCC(=O)c1ccc(C(=O)O)c(-c2c3cc(OC)c(=O)c(Cl)c-3oc3c(Cl)c(O)c(CO)cc23)c1. The number of ether oxygens (including phenoxy) is 1. The molecule has 0 unspecified atom stereocenters. The second kappa shape index (κ2) is 9.22. The molecule has 2 aliphatic rings. The van der Waals surface area contributed by atoms with Gasteiger partial charge in [0.25, 0.3) is 0 Å². The molecule has 1 aliphatic heterocycles. The summed E-state index contributed by atoms with van der Waals surface area (Å²) in [7, 11) is 1.28. The standard InChI is InChI=1S/C25H18Cl2O8/c1-3-16(29)10-4-5-12(25(32)33)13(6-10)18-14-7-11(9-28)21(30)19(26)23(14)35-24-15(18)8-17(34-2)22(31)20(24)27/h4-8,28,30H,3,9H2,1-2H3,(H,32,33). The number of methoxy groups -OCH3 is 1. The molecular weight excluding hydrogens is 499 g/mol. The molecule has 2 aromatic rings. The second-order valence-corrected chi connectivity index (χ2v) is 8.41. The Bertz CT molecular complexity index is 1550. The summed E-state index contributed by atoms with van der Waals surface area (Å²) in [4.78, 5) is 37.3. The number of Topliss-reactive ketones (excluding diaryl/α,β-unsaturated/α-hetero) is 1. The van der Waals surface area contributed by atoms with Crippen LogP contribution < -0.4 is 10.2 Å². The lowest BCUT2D eigenvalue weighted by molar-refractivity contribution is 0.0697. The van der Waals surface area contributed by atoms with Crippen LogP contribution in [-0.4, -0.2) is 34.2 Å². The average molecular weight is 517 g/mol. The number of aromatic carboxylic acids is 1. The second-order valence-electron chi connectivity index (χ2n) is 7.65. The van der Waals surface area contributed by atoms with Crippen molar-refractivity contribution >= 4 is 45.9 Å². The molecule has 180 valence electrons. The van der Waals surface area contributed by atoms with Gasteiger partial charge >= 0.3 is 5.97 Å². The Morgan fingerprint density at radius 2 is 1.80 bits per heavy atom. The van der Waals surface area contributed by atoms with Gasteiger partial charge < -0.3 is 24.5 Å². The summed E-state index contributed by atoms with van der Waals surface area (Å²) in [6.07, 6.45) is 0.186. The highest BCUT2D eigenvalue weighted by atomic mass is 35.5. The van der Waals surface area contributed by atoms with Crippen molar-refractivity contribution < 1.29 is 34.1 Å². The molecule has 0 saturated carbocycles. The molecule has 0 amide bonds. The van der Waals surface area contributed by atoms with Gasteiger partial charge in [-0.1, -0.05) is 36.2 Å². The molecule has 0 atom stereocenters. The van der Waals surface area contributed by atoms with E-state index in [2.05, 4.69) is 0 Å². The van der Waals surface area contributed by atoms with E-state index in [4.69, 9.17) is 32.4 Å². The van der Waals surface area contributed by atoms with Crippen LogP contribution in [0.5, 0.6) is 11.5 Å². The number of halogens is 2. The maximum absolute atomic E-state index is 12.6. The van der Waals surface area contributed by atoms with E-state index in [1.807, 2.05) is 0 Å². The summed E-state index contributed by atoms with van der Waals surface area (Å²) >= 11 is 12.7. The van der Waals surface area contributed by atoms with Crippen LogP contribution in [0.3, 0.4) is 0 Å². The normalized spacial score (nSPS) is 11.2. The van der Waals surface area contributed by atoms with Gasteiger partial charge in [0.15, 0.2) is 22.9 Å². The van der Waals surface area contributed by atoms with Crippen molar-refractivity contribution in [3.63, 3.8) is 0 Å². The molecule has 1 heterocycles. The third-order valence-corrected chi connectivity index (χ3v) is 6.41.